The fourth-order valence-corrected chi connectivity index (χ4v) is 3.83. The molecule has 9 heteroatoms. The number of ether oxygens (including phenoxy) is 1. The fourth-order valence-electron chi connectivity index (χ4n) is 3.54. The lowest BCUT2D eigenvalue weighted by molar-refractivity contribution is -0.117. The molecule has 0 bridgehead atoms. The molecule has 7 nitrogen and oxygen atoms in total. The molecule has 0 spiro atoms. The Morgan fingerprint density at radius 1 is 1.23 bits per heavy atom. The zero-order valence-corrected chi connectivity index (χ0v) is 18.0. The van der Waals surface area contributed by atoms with E-state index in [1.165, 1.54) is 0 Å². The van der Waals surface area contributed by atoms with Gasteiger partial charge in [0.2, 0.25) is 23.0 Å². The SMILES string of the molecule is Cc1cnc(Cl)nc1Oc1cc(Cl)ccc1C1CC(=O)N(c2cccc(C(N)=O)c2)C1. The maximum absolute atomic E-state index is 12.8. The van der Waals surface area contributed by atoms with Crippen LogP contribution in [0.3, 0.4) is 0 Å². The number of hydrogen-bond acceptors (Lipinski definition) is 5. The maximum atomic E-state index is 12.8. The molecule has 4 rings (SSSR count). The monoisotopic (exact) mass is 456 g/mol. The minimum atomic E-state index is -0.544. The molecule has 1 fully saturated rings. The highest BCUT2D eigenvalue weighted by atomic mass is 35.5. The molecule has 1 aliphatic heterocycles. The molecular weight excluding hydrogens is 439 g/mol. The summed E-state index contributed by atoms with van der Waals surface area (Å²) in [4.78, 5) is 34.0. The van der Waals surface area contributed by atoms with E-state index < -0.39 is 5.91 Å². The number of aromatic nitrogens is 2. The van der Waals surface area contributed by atoms with Gasteiger partial charge in [0.05, 0.1) is 0 Å². The Kier molecular flexibility index (Phi) is 5.80. The lowest BCUT2D eigenvalue weighted by Gasteiger charge is -2.19. The Morgan fingerprint density at radius 3 is 2.81 bits per heavy atom. The summed E-state index contributed by atoms with van der Waals surface area (Å²) >= 11 is 12.1. The summed E-state index contributed by atoms with van der Waals surface area (Å²) in [5, 5.41) is 0.563. The summed E-state index contributed by atoms with van der Waals surface area (Å²) in [6.07, 6.45) is 1.85. The molecule has 1 saturated heterocycles. The molecule has 3 aromatic rings. The minimum absolute atomic E-state index is 0.0613. The van der Waals surface area contributed by atoms with E-state index in [9.17, 15) is 9.59 Å². The van der Waals surface area contributed by atoms with Crippen molar-refractivity contribution >= 4 is 40.7 Å². The normalized spacial score (nSPS) is 15.9. The summed E-state index contributed by atoms with van der Waals surface area (Å²) in [5.74, 6) is 0.0653. The molecule has 0 aliphatic carbocycles. The van der Waals surface area contributed by atoms with Crippen LogP contribution in [0.25, 0.3) is 0 Å². The van der Waals surface area contributed by atoms with Crippen LogP contribution in [0.1, 0.15) is 33.8 Å². The lowest BCUT2D eigenvalue weighted by Crippen LogP contribution is -2.24. The van der Waals surface area contributed by atoms with Gasteiger partial charge in [-0.05, 0) is 48.9 Å². The molecule has 0 saturated carbocycles. The quantitative estimate of drug-likeness (QED) is 0.569. The van der Waals surface area contributed by atoms with E-state index in [0.717, 1.165) is 5.56 Å². The smallest absolute Gasteiger partial charge is 0.248 e. The van der Waals surface area contributed by atoms with Crippen LogP contribution in [-0.4, -0.2) is 28.3 Å². The van der Waals surface area contributed by atoms with E-state index in [2.05, 4.69) is 9.97 Å². The summed E-state index contributed by atoms with van der Waals surface area (Å²) < 4.78 is 6.03. The van der Waals surface area contributed by atoms with Gasteiger partial charge in [0.25, 0.3) is 0 Å². The maximum Gasteiger partial charge on any atom is 0.248 e. The van der Waals surface area contributed by atoms with Crippen LogP contribution in [0.15, 0.2) is 48.7 Å². The zero-order valence-electron chi connectivity index (χ0n) is 16.5. The van der Waals surface area contributed by atoms with Crippen molar-refractivity contribution in [2.24, 2.45) is 5.73 Å². The molecule has 1 unspecified atom stereocenters. The third-order valence-corrected chi connectivity index (χ3v) is 5.50. The van der Waals surface area contributed by atoms with Crippen LogP contribution in [0.2, 0.25) is 10.3 Å². The van der Waals surface area contributed by atoms with Crippen molar-refractivity contribution in [2.45, 2.75) is 19.3 Å². The third-order valence-electron chi connectivity index (χ3n) is 5.09. The standard InChI is InChI=1S/C22H18Cl2N4O3/c1-12-10-26-22(24)27-21(12)31-18-9-15(23)5-6-17(18)14-8-19(29)28(11-14)16-4-2-3-13(7-16)20(25)30/h2-7,9-10,14H,8,11H2,1H3,(H2,25,30). The predicted molar refractivity (Wildman–Crippen MR) is 118 cm³/mol. The topological polar surface area (TPSA) is 98.4 Å². The molecule has 1 aliphatic rings. The average molecular weight is 457 g/mol. The van der Waals surface area contributed by atoms with Crippen molar-refractivity contribution in [3.05, 3.63) is 75.7 Å². The van der Waals surface area contributed by atoms with Crippen LogP contribution < -0.4 is 15.4 Å². The van der Waals surface area contributed by atoms with E-state index in [1.54, 1.807) is 47.5 Å². The van der Waals surface area contributed by atoms with Crippen LogP contribution in [0.4, 0.5) is 5.69 Å². The van der Waals surface area contributed by atoms with Gasteiger partial charge in [-0.3, -0.25) is 9.59 Å². The van der Waals surface area contributed by atoms with Gasteiger partial charge in [-0.25, -0.2) is 4.98 Å². The van der Waals surface area contributed by atoms with E-state index >= 15 is 0 Å². The van der Waals surface area contributed by atoms with Crippen LogP contribution >= 0.6 is 23.2 Å². The number of amides is 2. The van der Waals surface area contributed by atoms with Gasteiger partial charge in [0, 0.05) is 52.5 Å². The molecule has 1 atom stereocenters. The Bertz CT molecular complexity index is 1190. The van der Waals surface area contributed by atoms with Gasteiger partial charge in [-0.1, -0.05) is 23.7 Å². The van der Waals surface area contributed by atoms with Gasteiger partial charge in [-0.2, -0.15) is 4.98 Å². The minimum Gasteiger partial charge on any atom is -0.438 e. The molecule has 2 amide bonds. The van der Waals surface area contributed by atoms with Crippen molar-refractivity contribution in [1.82, 2.24) is 9.97 Å². The first-order valence-corrected chi connectivity index (χ1v) is 10.2. The summed E-state index contributed by atoms with van der Waals surface area (Å²) in [6, 6.07) is 12.0. The van der Waals surface area contributed by atoms with Crippen LogP contribution in [0.5, 0.6) is 11.6 Å². The number of nitrogens with two attached hydrogens (primary N) is 1. The Labute approximate surface area is 188 Å². The number of anilines is 1. The Hall–Kier alpha value is -3.16. The number of carbonyl (C=O) groups is 2. The molecule has 2 N–H and O–H groups in total. The number of halogens is 2. The fraction of sp³-hybridized carbons (Fsp3) is 0.182. The Morgan fingerprint density at radius 2 is 2.03 bits per heavy atom. The molecule has 158 valence electrons. The second kappa shape index (κ2) is 8.53. The summed E-state index contributed by atoms with van der Waals surface area (Å²) in [5.41, 5.74) is 7.88. The number of aryl methyl sites for hydroxylation is 1. The molecule has 1 aromatic heterocycles. The number of carbonyl (C=O) groups excluding carboxylic acids is 2. The highest BCUT2D eigenvalue weighted by Crippen LogP contribution is 2.39. The summed E-state index contributed by atoms with van der Waals surface area (Å²) in [6.45, 7) is 2.23. The van der Waals surface area contributed by atoms with Gasteiger partial charge in [0.15, 0.2) is 0 Å². The first-order chi connectivity index (χ1) is 14.8. The van der Waals surface area contributed by atoms with Crippen molar-refractivity contribution in [3.8, 4) is 11.6 Å². The first kappa shape index (κ1) is 21.1. The average Bonchev–Trinajstić information content (AvgIpc) is 3.12. The summed E-state index contributed by atoms with van der Waals surface area (Å²) in [7, 11) is 0. The highest BCUT2D eigenvalue weighted by molar-refractivity contribution is 6.30. The predicted octanol–water partition coefficient (Wildman–Crippen LogP) is 4.50. The number of nitrogens with zero attached hydrogens (tertiary/aromatic N) is 3. The van der Waals surface area contributed by atoms with E-state index in [4.69, 9.17) is 33.7 Å². The van der Waals surface area contributed by atoms with Gasteiger partial charge in [-0.15, -0.1) is 0 Å². The molecule has 2 heterocycles. The largest absolute Gasteiger partial charge is 0.438 e. The zero-order chi connectivity index (χ0) is 22.1. The highest BCUT2D eigenvalue weighted by Gasteiger charge is 2.33. The van der Waals surface area contributed by atoms with Crippen LogP contribution in [-0.2, 0) is 4.79 Å². The van der Waals surface area contributed by atoms with Gasteiger partial charge >= 0.3 is 0 Å². The van der Waals surface area contributed by atoms with E-state index in [1.807, 2.05) is 13.0 Å². The number of primary amides is 1. The number of hydrogen-bond donors (Lipinski definition) is 1. The third kappa shape index (κ3) is 4.47. The second-order valence-electron chi connectivity index (χ2n) is 7.23. The van der Waals surface area contributed by atoms with E-state index in [-0.39, 0.29) is 23.5 Å². The van der Waals surface area contributed by atoms with Crippen molar-refractivity contribution in [3.63, 3.8) is 0 Å². The van der Waals surface area contributed by atoms with Crippen molar-refractivity contribution in [2.75, 3.05) is 11.4 Å². The first-order valence-electron chi connectivity index (χ1n) is 9.48. The van der Waals surface area contributed by atoms with Gasteiger partial charge in [0.1, 0.15) is 5.75 Å². The van der Waals surface area contributed by atoms with Crippen LogP contribution in [0, 0.1) is 6.92 Å². The molecule has 31 heavy (non-hydrogen) atoms. The molecule has 0 radical (unpaired) electrons. The Balaban J connectivity index is 1.65. The van der Waals surface area contributed by atoms with Crippen molar-refractivity contribution < 1.29 is 14.3 Å². The van der Waals surface area contributed by atoms with Gasteiger partial charge < -0.3 is 15.4 Å². The second-order valence-corrected chi connectivity index (χ2v) is 8.01. The van der Waals surface area contributed by atoms with Crippen molar-refractivity contribution in [1.29, 1.82) is 0 Å². The molecular formula is C22H18Cl2N4O3. The van der Waals surface area contributed by atoms with E-state index in [0.29, 0.717) is 40.0 Å². The molecule has 2 aromatic carbocycles. The number of benzene rings is 2. The number of rotatable bonds is 5. The lowest BCUT2D eigenvalue weighted by atomic mass is 9.97.